The lowest BCUT2D eigenvalue weighted by molar-refractivity contribution is -0.126. The SMILES string of the molecule is O=C1CC(C(=O)NCCCOCCOCCOCCCNC(=O)C2CSC(O)C2)CS1. The van der Waals surface area contributed by atoms with E-state index in [1.54, 1.807) is 0 Å². The predicted octanol–water partition coefficient (Wildman–Crippen LogP) is 0.400. The molecular weight excluding hydrogens is 444 g/mol. The highest BCUT2D eigenvalue weighted by Gasteiger charge is 2.29. The molecule has 0 aliphatic carbocycles. The number of ether oxygens (including phenoxy) is 3. The quantitative estimate of drug-likeness (QED) is 0.271. The van der Waals surface area contributed by atoms with Gasteiger partial charge in [0.1, 0.15) is 5.44 Å². The first kappa shape index (κ1) is 26.4. The van der Waals surface area contributed by atoms with Crippen LogP contribution in [0, 0.1) is 11.8 Å². The van der Waals surface area contributed by atoms with Gasteiger partial charge in [0.25, 0.3) is 0 Å². The summed E-state index contributed by atoms with van der Waals surface area (Å²) in [5.41, 5.74) is -0.410. The van der Waals surface area contributed by atoms with Gasteiger partial charge in [-0.1, -0.05) is 11.8 Å². The maximum absolute atomic E-state index is 11.9. The maximum Gasteiger partial charge on any atom is 0.224 e. The minimum Gasteiger partial charge on any atom is -0.382 e. The molecule has 2 aliphatic rings. The molecule has 2 fully saturated rings. The summed E-state index contributed by atoms with van der Waals surface area (Å²) >= 11 is 2.66. The minimum atomic E-state index is -0.410. The molecule has 2 saturated heterocycles. The van der Waals surface area contributed by atoms with E-state index in [0.29, 0.717) is 77.1 Å². The largest absolute Gasteiger partial charge is 0.382 e. The molecule has 2 heterocycles. The van der Waals surface area contributed by atoms with Crippen molar-refractivity contribution in [3.05, 3.63) is 0 Å². The van der Waals surface area contributed by atoms with E-state index in [4.69, 9.17) is 14.2 Å². The zero-order valence-electron chi connectivity index (χ0n) is 17.8. The summed E-state index contributed by atoms with van der Waals surface area (Å²) in [6.07, 6.45) is 2.34. The molecule has 0 saturated carbocycles. The van der Waals surface area contributed by atoms with Crippen LogP contribution in [0.3, 0.4) is 0 Å². The molecule has 3 unspecified atom stereocenters. The van der Waals surface area contributed by atoms with Crippen LogP contribution in [-0.4, -0.2) is 91.7 Å². The van der Waals surface area contributed by atoms with Crippen molar-refractivity contribution in [3.63, 3.8) is 0 Å². The third-order valence-corrected chi connectivity index (χ3v) is 7.08. The van der Waals surface area contributed by atoms with Crippen LogP contribution in [0.25, 0.3) is 0 Å². The lowest BCUT2D eigenvalue weighted by Crippen LogP contribution is -2.32. The molecule has 3 atom stereocenters. The van der Waals surface area contributed by atoms with Gasteiger partial charge in [-0.25, -0.2) is 0 Å². The molecule has 178 valence electrons. The first-order chi connectivity index (χ1) is 15.1. The number of hydrogen-bond donors (Lipinski definition) is 3. The molecule has 2 rings (SSSR count). The lowest BCUT2D eigenvalue weighted by Gasteiger charge is -2.10. The Bertz CT molecular complexity index is 568. The highest BCUT2D eigenvalue weighted by molar-refractivity contribution is 8.14. The molecule has 2 aliphatic heterocycles. The molecule has 0 aromatic carbocycles. The fourth-order valence-electron chi connectivity index (χ4n) is 3.07. The molecule has 2 amide bonds. The Morgan fingerprint density at radius 1 is 0.871 bits per heavy atom. The van der Waals surface area contributed by atoms with E-state index in [2.05, 4.69) is 10.6 Å². The number of nitrogens with one attached hydrogen (secondary N) is 2. The van der Waals surface area contributed by atoms with Crippen LogP contribution in [0.2, 0.25) is 0 Å². The van der Waals surface area contributed by atoms with Gasteiger partial charge < -0.3 is 30.0 Å². The van der Waals surface area contributed by atoms with Crippen molar-refractivity contribution < 1.29 is 33.7 Å². The maximum atomic E-state index is 11.9. The van der Waals surface area contributed by atoms with Gasteiger partial charge in [0.05, 0.1) is 38.3 Å². The monoisotopic (exact) mass is 478 g/mol. The summed E-state index contributed by atoms with van der Waals surface area (Å²) in [4.78, 5) is 34.8. The van der Waals surface area contributed by atoms with Crippen molar-refractivity contribution >= 4 is 40.5 Å². The lowest BCUT2D eigenvalue weighted by atomic mass is 10.1. The Morgan fingerprint density at radius 2 is 1.42 bits per heavy atom. The molecule has 31 heavy (non-hydrogen) atoms. The van der Waals surface area contributed by atoms with Crippen molar-refractivity contribution in [2.75, 3.05) is 64.2 Å². The van der Waals surface area contributed by atoms with E-state index in [1.807, 2.05) is 0 Å². The molecule has 0 bridgehead atoms. The number of aliphatic hydroxyl groups excluding tert-OH is 1. The normalized spacial score (nSPS) is 23.3. The second-order valence-corrected chi connectivity index (χ2v) is 9.72. The first-order valence-corrected chi connectivity index (χ1v) is 12.8. The van der Waals surface area contributed by atoms with E-state index < -0.39 is 5.44 Å². The van der Waals surface area contributed by atoms with Gasteiger partial charge in [0.2, 0.25) is 11.8 Å². The number of thioether (sulfide) groups is 2. The predicted molar refractivity (Wildman–Crippen MR) is 120 cm³/mol. The Morgan fingerprint density at radius 3 is 1.90 bits per heavy atom. The van der Waals surface area contributed by atoms with Gasteiger partial charge in [-0.05, 0) is 19.3 Å². The standard InChI is InChI=1S/C20H34N2O7S2/c23-17-11-15(13-30-17)19(25)21-3-1-5-27-7-9-29-10-8-28-6-2-4-22-20(26)16-12-18(24)31-14-16/h15-17,23H,1-14H2,(H,21,25)(H,22,26). The molecule has 0 aromatic rings. The van der Waals surface area contributed by atoms with Gasteiger partial charge in [0, 0.05) is 44.2 Å². The van der Waals surface area contributed by atoms with E-state index in [9.17, 15) is 19.5 Å². The zero-order chi connectivity index (χ0) is 22.3. The number of carbonyl (C=O) groups excluding carboxylic acids is 3. The van der Waals surface area contributed by atoms with Crippen molar-refractivity contribution in [1.82, 2.24) is 10.6 Å². The summed E-state index contributed by atoms with van der Waals surface area (Å²) in [5, 5.41) is 15.2. The Hall–Kier alpha value is -0.850. The van der Waals surface area contributed by atoms with E-state index in [1.165, 1.54) is 23.5 Å². The van der Waals surface area contributed by atoms with Crippen molar-refractivity contribution in [1.29, 1.82) is 0 Å². The Balaban J connectivity index is 1.26. The van der Waals surface area contributed by atoms with Crippen LogP contribution in [0.15, 0.2) is 0 Å². The summed E-state index contributed by atoms with van der Waals surface area (Å²) < 4.78 is 16.3. The third kappa shape index (κ3) is 11.5. The summed E-state index contributed by atoms with van der Waals surface area (Å²) in [7, 11) is 0. The minimum absolute atomic E-state index is 0.0131. The number of carbonyl (C=O) groups is 3. The van der Waals surface area contributed by atoms with Gasteiger partial charge in [-0.3, -0.25) is 14.4 Å². The zero-order valence-corrected chi connectivity index (χ0v) is 19.5. The third-order valence-electron chi connectivity index (χ3n) is 4.85. The second-order valence-electron chi connectivity index (χ2n) is 7.43. The van der Waals surface area contributed by atoms with Crippen molar-refractivity contribution in [2.45, 2.75) is 31.1 Å². The summed E-state index contributed by atoms with van der Waals surface area (Å²) in [6, 6.07) is 0. The molecule has 0 aromatic heterocycles. The van der Waals surface area contributed by atoms with Crippen LogP contribution in [0.1, 0.15) is 25.7 Å². The molecule has 9 nitrogen and oxygen atoms in total. The van der Waals surface area contributed by atoms with Crippen LogP contribution in [0.5, 0.6) is 0 Å². The highest BCUT2D eigenvalue weighted by atomic mass is 32.2. The number of rotatable bonds is 16. The van der Waals surface area contributed by atoms with Crippen LogP contribution >= 0.6 is 23.5 Å². The Labute approximate surface area is 192 Å². The average molecular weight is 479 g/mol. The Kier molecular flexibility index (Phi) is 13.5. The number of aliphatic hydroxyl groups is 1. The van der Waals surface area contributed by atoms with Crippen LogP contribution in [-0.2, 0) is 28.6 Å². The topological polar surface area (TPSA) is 123 Å². The van der Waals surface area contributed by atoms with Crippen molar-refractivity contribution in [2.24, 2.45) is 11.8 Å². The van der Waals surface area contributed by atoms with E-state index in [0.717, 1.165) is 12.8 Å². The summed E-state index contributed by atoms with van der Waals surface area (Å²) in [5.74, 6) is 0.974. The number of amides is 2. The van der Waals surface area contributed by atoms with Gasteiger partial charge >= 0.3 is 0 Å². The second kappa shape index (κ2) is 15.9. The van der Waals surface area contributed by atoms with Crippen LogP contribution in [0.4, 0.5) is 0 Å². The molecule has 0 radical (unpaired) electrons. The summed E-state index contributed by atoms with van der Waals surface area (Å²) in [6.45, 7) is 4.17. The first-order valence-electron chi connectivity index (χ1n) is 10.8. The molecule has 3 N–H and O–H groups in total. The van der Waals surface area contributed by atoms with E-state index in [-0.39, 0.29) is 28.8 Å². The number of hydrogen-bond acceptors (Lipinski definition) is 9. The molecular formula is C20H34N2O7S2. The smallest absolute Gasteiger partial charge is 0.224 e. The molecule has 11 heteroatoms. The average Bonchev–Trinajstić information content (AvgIpc) is 3.39. The molecule has 0 spiro atoms. The van der Waals surface area contributed by atoms with Gasteiger partial charge in [-0.2, -0.15) is 0 Å². The van der Waals surface area contributed by atoms with Gasteiger partial charge in [-0.15, -0.1) is 11.8 Å². The highest BCUT2D eigenvalue weighted by Crippen LogP contribution is 2.29. The van der Waals surface area contributed by atoms with Crippen molar-refractivity contribution in [3.8, 4) is 0 Å². The van der Waals surface area contributed by atoms with Crippen LogP contribution < -0.4 is 10.6 Å². The fourth-order valence-corrected chi connectivity index (χ4v) is 5.16. The fraction of sp³-hybridized carbons (Fsp3) is 0.850. The van der Waals surface area contributed by atoms with E-state index >= 15 is 0 Å². The van der Waals surface area contributed by atoms with Gasteiger partial charge in [0.15, 0.2) is 5.12 Å².